The third-order valence-electron chi connectivity index (χ3n) is 5.35. The van der Waals surface area contributed by atoms with Gasteiger partial charge in [0.05, 0.1) is 12.1 Å². The molecular weight excluding hydrogens is 328 g/mol. The molecular formula is C19H26N6O. The van der Waals surface area contributed by atoms with Crippen molar-refractivity contribution in [2.75, 3.05) is 51.2 Å². The largest absolute Gasteiger partial charge is 0.390 e. The zero-order valence-electron chi connectivity index (χ0n) is 15.4. The number of hydrogen-bond donors (Lipinski definition) is 1. The second-order valence-electron chi connectivity index (χ2n) is 7.31. The Hall–Kier alpha value is -2.09. The zero-order valence-corrected chi connectivity index (χ0v) is 15.4. The first-order chi connectivity index (χ1) is 12.6. The lowest BCUT2D eigenvalue weighted by atomic mass is 10.1. The molecule has 0 unspecified atom stereocenters. The van der Waals surface area contributed by atoms with Gasteiger partial charge in [0.1, 0.15) is 5.82 Å². The van der Waals surface area contributed by atoms with Crippen LogP contribution in [0.4, 0.5) is 5.82 Å². The van der Waals surface area contributed by atoms with Crippen molar-refractivity contribution in [2.24, 2.45) is 0 Å². The Labute approximate surface area is 154 Å². The fourth-order valence-electron chi connectivity index (χ4n) is 3.81. The van der Waals surface area contributed by atoms with Crippen LogP contribution in [0.2, 0.25) is 0 Å². The number of piperazine rings is 1. The van der Waals surface area contributed by atoms with Crippen molar-refractivity contribution in [1.29, 1.82) is 0 Å². The van der Waals surface area contributed by atoms with Crippen LogP contribution >= 0.6 is 0 Å². The third kappa shape index (κ3) is 3.56. The number of aliphatic hydroxyl groups is 1. The summed E-state index contributed by atoms with van der Waals surface area (Å²) in [7, 11) is 2.15. The second kappa shape index (κ2) is 7.26. The van der Waals surface area contributed by atoms with Crippen molar-refractivity contribution in [2.45, 2.75) is 19.1 Å². The first-order valence-electron chi connectivity index (χ1n) is 9.22. The van der Waals surface area contributed by atoms with Gasteiger partial charge in [0, 0.05) is 69.0 Å². The molecule has 2 atom stereocenters. The molecule has 0 aromatic carbocycles. The fourth-order valence-corrected chi connectivity index (χ4v) is 3.81. The van der Waals surface area contributed by atoms with Crippen LogP contribution in [0.5, 0.6) is 0 Å². The van der Waals surface area contributed by atoms with Crippen molar-refractivity contribution in [3.05, 3.63) is 36.3 Å². The Morgan fingerprint density at radius 1 is 1.12 bits per heavy atom. The molecule has 138 valence electrons. The van der Waals surface area contributed by atoms with Gasteiger partial charge in [0.2, 0.25) is 0 Å². The monoisotopic (exact) mass is 354 g/mol. The van der Waals surface area contributed by atoms with Gasteiger partial charge in [-0.1, -0.05) is 0 Å². The normalized spacial score (nSPS) is 25.0. The number of anilines is 1. The number of aromatic nitrogens is 3. The van der Waals surface area contributed by atoms with E-state index in [9.17, 15) is 5.11 Å². The predicted molar refractivity (Wildman–Crippen MR) is 101 cm³/mol. The smallest absolute Gasteiger partial charge is 0.163 e. The molecule has 0 amide bonds. The van der Waals surface area contributed by atoms with E-state index in [1.165, 1.54) is 0 Å². The Bertz CT molecular complexity index is 747. The first kappa shape index (κ1) is 17.3. The van der Waals surface area contributed by atoms with E-state index < -0.39 is 0 Å². The molecule has 2 fully saturated rings. The Kier molecular flexibility index (Phi) is 4.84. The van der Waals surface area contributed by atoms with E-state index in [4.69, 9.17) is 4.98 Å². The van der Waals surface area contributed by atoms with Gasteiger partial charge in [-0.05, 0) is 26.1 Å². The molecule has 0 bridgehead atoms. The number of likely N-dealkylation sites (N-methyl/N-ethyl adjacent to an activating group) is 1. The molecule has 26 heavy (non-hydrogen) atoms. The number of hydrogen-bond acceptors (Lipinski definition) is 7. The lowest BCUT2D eigenvalue weighted by Crippen LogP contribution is -2.52. The predicted octanol–water partition coefficient (Wildman–Crippen LogP) is 0.644. The van der Waals surface area contributed by atoms with Crippen molar-refractivity contribution in [1.82, 2.24) is 24.8 Å². The molecule has 0 spiro atoms. The van der Waals surface area contributed by atoms with E-state index in [1.54, 1.807) is 12.4 Å². The highest BCUT2D eigenvalue weighted by molar-refractivity contribution is 5.57. The molecule has 2 aromatic heterocycles. The van der Waals surface area contributed by atoms with Gasteiger partial charge in [-0.25, -0.2) is 9.97 Å². The van der Waals surface area contributed by atoms with Crippen LogP contribution in [-0.2, 0) is 0 Å². The van der Waals surface area contributed by atoms with Crippen molar-refractivity contribution < 1.29 is 5.11 Å². The van der Waals surface area contributed by atoms with E-state index >= 15 is 0 Å². The lowest BCUT2D eigenvalue weighted by molar-refractivity contribution is 0.0512. The van der Waals surface area contributed by atoms with Crippen LogP contribution in [0.3, 0.4) is 0 Å². The lowest BCUT2D eigenvalue weighted by Gasteiger charge is -2.37. The van der Waals surface area contributed by atoms with Gasteiger partial charge in [-0.3, -0.25) is 9.88 Å². The maximum Gasteiger partial charge on any atom is 0.163 e. The Morgan fingerprint density at radius 3 is 2.65 bits per heavy atom. The van der Waals surface area contributed by atoms with Gasteiger partial charge < -0.3 is 14.9 Å². The highest BCUT2D eigenvalue weighted by atomic mass is 16.3. The van der Waals surface area contributed by atoms with E-state index in [0.29, 0.717) is 12.4 Å². The van der Waals surface area contributed by atoms with Crippen LogP contribution in [-0.4, -0.2) is 88.3 Å². The zero-order chi connectivity index (χ0) is 18.1. The maximum absolute atomic E-state index is 10.6. The van der Waals surface area contributed by atoms with Gasteiger partial charge >= 0.3 is 0 Å². The standard InChI is InChI=1S/C19H26N6O/c1-14-10-18(22-19(21-14)15-4-3-5-20-11-15)25-12-16(17(26)13-25)24-8-6-23(2)7-9-24/h3-5,10-11,16-17,26H,6-9,12-13H2,1-2H3/t16-,17-/m1/s1. The summed E-state index contributed by atoms with van der Waals surface area (Å²) in [6.07, 6.45) is 3.18. The summed E-state index contributed by atoms with van der Waals surface area (Å²) < 4.78 is 0. The SMILES string of the molecule is Cc1cc(N2C[C@@H](O)[C@H](N3CCN(C)CC3)C2)nc(-c2cccnc2)n1. The fraction of sp³-hybridized carbons (Fsp3) is 0.526. The quantitative estimate of drug-likeness (QED) is 0.868. The van der Waals surface area contributed by atoms with Crippen molar-refractivity contribution in [3.8, 4) is 11.4 Å². The Balaban J connectivity index is 1.54. The highest BCUT2D eigenvalue weighted by Crippen LogP contribution is 2.25. The summed E-state index contributed by atoms with van der Waals surface area (Å²) in [4.78, 5) is 20.4. The summed E-state index contributed by atoms with van der Waals surface area (Å²) in [6.45, 7) is 7.52. The minimum atomic E-state index is -0.351. The van der Waals surface area contributed by atoms with E-state index in [0.717, 1.165) is 49.8 Å². The van der Waals surface area contributed by atoms with Gasteiger partial charge in [0.25, 0.3) is 0 Å². The summed E-state index contributed by atoms with van der Waals surface area (Å²) >= 11 is 0. The van der Waals surface area contributed by atoms with E-state index in [2.05, 4.69) is 31.7 Å². The van der Waals surface area contributed by atoms with E-state index in [1.807, 2.05) is 25.1 Å². The maximum atomic E-state index is 10.6. The topological polar surface area (TPSA) is 68.6 Å². The average molecular weight is 354 g/mol. The third-order valence-corrected chi connectivity index (χ3v) is 5.35. The molecule has 0 radical (unpaired) electrons. The van der Waals surface area contributed by atoms with Gasteiger partial charge in [-0.2, -0.15) is 0 Å². The summed E-state index contributed by atoms with van der Waals surface area (Å²) in [5.74, 6) is 1.57. The number of pyridine rings is 1. The second-order valence-corrected chi connectivity index (χ2v) is 7.31. The van der Waals surface area contributed by atoms with Crippen LogP contribution in [0.25, 0.3) is 11.4 Å². The summed E-state index contributed by atoms with van der Waals surface area (Å²) in [6, 6.07) is 6.03. The molecule has 2 aliphatic rings. The highest BCUT2D eigenvalue weighted by Gasteiger charge is 2.37. The first-order valence-corrected chi connectivity index (χ1v) is 9.22. The van der Waals surface area contributed by atoms with Gasteiger partial charge in [-0.15, -0.1) is 0 Å². The molecule has 0 aliphatic carbocycles. The van der Waals surface area contributed by atoms with Crippen molar-refractivity contribution in [3.63, 3.8) is 0 Å². The van der Waals surface area contributed by atoms with Crippen molar-refractivity contribution >= 4 is 5.82 Å². The van der Waals surface area contributed by atoms with Crippen LogP contribution < -0.4 is 4.90 Å². The Morgan fingerprint density at radius 2 is 1.92 bits per heavy atom. The summed E-state index contributed by atoms with van der Waals surface area (Å²) in [5, 5.41) is 10.6. The van der Waals surface area contributed by atoms with Crippen LogP contribution in [0.15, 0.2) is 30.6 Å². The number of nitrogens with zero attached hydrogens (tertiary/aromatic N) is 6. The molecule has 2 saturated heterocycles. The number of β-amino-alcohol motifs (C(OH)–C–C–N with tert-alkyl or cyclic N) is 1. The minimum Gasteiger partial charge on any atom is -0.390 e. The molecule has 4 heterocycles. The molecule has 7 heteroatoms. The molecule has 0 saturated carbocycles. The number of rotatable bonds is 3. The molecule has 2 aliphatic heterocycles. The molecule has 4 rings (SSSR count). The number of aliphatic hydroxyl groups excluding tert-OH is 1. The van der Waals surface area contributed by atoms with E-state index in [-0.39, 0.29) is 12.1 Å². The minimum absolute atomic E-state index is 0.167. The molecule has 2 aromatic rings. The van der Waals surface area contributed by atoms with Gasteiger partial charge in [0.15, 0.2) is 5.82 Å². The van der Waals surface area contributed by atoms with Crippen LogP contribution in [0.1, 0.15) is 5.69 Å². The average Bonchev–Trinajstić information content (AvgIpc) is 3.04. The summed E-state index contributed by atoms with van der Waals surface area (Å²) in [5.41, 5.74) is 1.83. The van der Waals surface area contributed by atoms with Crippen LogP contribution in [0, 0.1) is 6.92 Å². The number of aryl methyl sites for hydroxylation is 1. The molecule has 7 nitrogen and oxygen atoms in total. The molecule has 1 N–H and O–H groups in total.